The van der Waals surface area contributed by atoms with Crippen LogP contribution in [0.1, 0.15) is 6.92 Å². The van der Waals surface area contributed by atoms with E-state index in [-0.39, 0.29) is 11.7 Å². The molecule has 0 atom stereocenters. The second kappa shape index (κ2) is 13.0. The van der Waals surface area contributed by atoms with E-state index < -0.39 is 0 Å². The Hall–Kier alpha value is -4.56. The first-order valence-electron chi connectivity index (χ1n) is 12.8. The first kappa shape index (κ1) is 29.0. The van der Waals surface area contributed by atoms with Gasteiger partial charge >= 0.3 is 0 Å². The summed E-state index contributed by atoms with van der Waals surface area (Å²) in [6.45, 7) is 2.58. The smallest absolute Gasteiger partial charge is 0.236 e. The van der Waals surface area contributed by atoms with Gasteiger partial charge in [-0.1, -0.05) is 23.1 Å². The van der Waals surface area contributed by atoms with Crippen LogP contribution in [-0.2, 0) is 11.3 Å². The third-order valence-electron chi connectivity index (χ3n) is 6.18. The number of thioether (sulfide) groups is 1. The third-order valence-corrected chi connectivity index (χ3v) is 8.08. The summed E-state index contributed by atoms with van der Waals surface area (Å²) < 4.78 is 24.5. The number of hydrogen-bond donors (Lipinski definition) is 2. The molecule has 5 aromatic rings. The molecule has 0 bridgehead atoms. The van der Waals surface area contributed by atoms with E-state index in [1.807, 2.05) is 41.8 Å². The van der Waals surface area contributed by atoms with E-state index in [1.165, 1.54) is 23.1 Å². The van der Waals surface area contributed by atoms with Crippen LogP contribution in [0.4, 0.5) is 16.6 Å². The molecule has 2 N–H and O–H groups in total. The van der Waals surface area contributed by atoms with Gasteiger partial charge in [-0.3, -0.25) is 4.79 Å². The van der Waals surface area contributed by atoms with Crippen LogP contribution in [-0.4, -0.2) is 64.8 Å². The zero-order valence-electron chi connectivity index (χ0n) is 23.6. The first-order valence-corrected chi connectivity index (χ1v) is 14.6. The summed E-state index contributed by atoms with van der Waals surface area (Å²) in [5.74, 6) is 3.38. The molecule has 3 heterocycles. The molecule has 2 aromatic carbocycles. The number of rotatable bonds is 12. The lowest BCUT2D eigenvalue weighted by atomic mass is 10.2. The molecule has 1 amide bonds. The highest BCUT2D eigenvalue weighted by atomic mass is 32.2. The van der Waals surface area contributed by atoms with Gasteiger partial charge in [0.15, 0.2) is 27.6 Å². The first-order chi connectivity index (χ1) is 20.5. The van der Waals surface area contributed by atoms with E-state index in [0.29, 0.717) is 51.4 Å². The Bertz CT molecular complexity index is 1700. The largest absolute Gasteiger partial charge is 0.497 e. The number of carbonyl (C=O) groups excluding carboxylic acids is 1. The van der Waals surface area contributed by atoms with Gasteiger partial charge in [0.1, 0.15) is 11.6 Å². The topological polar surface area (TPSA) is 135 Å². The molecule has 0 radical (unpaired) electrons. The molecule has 3 aromatic heterocycles. The predicted octanol–water partition coefficient (Wildman–Crippen LogP) is 5.48. The van der Waals surface area contributed by atoms with Crippen molar-refractivity contribution in [3.63, 3.8) is 0 Å². The lowest BCUT2D eigenvalue weighted by Crippen LogP contribution is -2.14. The van der Waals surface area contributed by atoms with Gasteiger partial charge in [-0.25, -0.2) is 9.97 Å². The zero-order chi connectivity index (χ0) is 29.6. The van der Waals surface area contributed by atoms with Crippen LogP contribution in [0.25, 0.3) is 21.6 Å². The number of nitrogens with one attached hydrogen (secondary N) is 2. The van der Waals surface area contributed by atoms with Crippen molar-refractivity contribution in [1.82, 2.24) is 24.7 Å². The summed E-state index contributed by atoms with van der Waals surface area (Å²) in [6, 6.07) is 12.9. The summed E-state index contributed by atoms with van der Waals surface area (Å²) in [5.41, 5.74) is 2.22. The lowest BCUT2D eigenvalue weighted by molar-refractivity contribution is -0.113. The summed E-state index contributed by atoms with van der Waals surface area (Å²) in [4.78, 5) is 21.8. The molecule has 14 heteroatoms. The quantitative estimate of drug-likeness (QED) is 0.175. The molecule has 0 fully saturated rings. The Morgan fingerprint density at radius 2 is 1.79 bits per heavy atom. The van der Waals surface area contributed by atoms with Crippen molar-refractivity contribution in [1.29, 1.82) is 0 Å². The molecule has 0 aliphatic rings. The molecule has 0 unspecified atom stereocenters. The number of fused-ring (bicyclic) bond motifs is 1. The van der Waals surface area contributed by atoms with Crippen LogP contribution in [0, 0.1) is 0 Å². The highest BCUT2D eigenvalue weighted by Gasteiger charge is 2.20. The fraction of sp³-hybridized carbons (Fsp3) is 0.250. The van der Waals surface area contributed by atoms with E-state index >= 15 is 0 Å². The van der Waals surface area contributed by atoms with Crippen molar-refractivity contribution in [2.24, 2.45) is 0 Å². The Kier molecular flexibility index (Phi) is 8.93. The highest BCUT2D eigenvalue weighted by molar-refractivity contribution is 7.99. The molecule has 218 valence electrons. The summed E-state index contributed by atoms with van der Waals surface area (Å²) in [5, 5.41) is 16.2. The van der Waals surface area contributed by atoms with E-state index in [1.54, 1.807) is 46.8 Å². The van der Waals surface area contributed by atoms with Crippen molar-refractivity contribution in [3.8, 4) is 34.4 Å². The van der Waals surface area contributed by atoms with Crippen LogP contribution in [0.2, 0.25) is 0 Å². The number of hydrogen-bond acceptors (Lipinski definition) is 12. The number of thiazole rings is 1. The number of carbonyl (C=O) groups is 1. The van der Waals surface area contributed by atoms with Crippen LogP contribution < -0.4 is 29.6 Å². The highest BCUT2D eigenvalue weighted by Crippen LogP contribution is 2.41. The van der Waals surface area contributed by atoms with Gasteiger partial charge in [0.05, 0.1) is 50.0 Å². The van der Waals surface area contributed by atoms with Gasteiger partial charge in [-0.05, 0) is 37.3 Å². The SMILES string of the molecule is CCn1c(SCC(=O)Nc2nc3ccc(OC)cc3s2)nnc1-c1cccnc1Nc1cc(OC)c(OC)c(OC)c1. The zero-order valence-corrected chi connectivity index (χ0v) is 25.3. The third kappa shape index (κ3) is 6.04. The summed E-state index contributed by atoms with van der Waals surface area (Å²) in [6.07, 6.45) is 1.69. The molecule has 0 aliphatic heterocycles. The molecular weight excluding hydrogens is 578 g/mol. The average molecular weight is 608 g/mol. The second-order valence-corrected chi connectivity index (χ2v) is 10.7. The number of nitrogens with zero attached hydrogens (tertiary/aromatic N) is 5. The minimum Gasteiger partial charge on any atom is -0.497 e. The van der Waals surface area contributed by atoms with Crippen molar-refractivity contribution in [2.45, 2.75) is 18.6 Å². The van der Waals surface area contributed by atoms with Gasteiger partial charge in [0, 0.05) is 30.6 Å². The van der Waals surface area contributed by atoms with Crippen LogP contribution in [0.15, 0.2) is 53.8 Å². The fourth-order valence-electron chi connectivity index (χ4n) is 4.23. The standard InChI is InChI=1S/C28H29N7O5S2/c1-6-35-26(18-8-7-11-29-25(18)30-16-12-20(38-3)24(40-5)21(13-16)39-4)33-34-28(35)41-15-23(36)32-27-31-19-10-9-17(37-2)14-22(19)42-27/h7-14H,6,15H2,1-5H3,(H,29,30)(H,31,32,36). The number of methoxy groups -OCH3 is 4. The normalized spacial score (nSPS) is 10.9. The van der Waals surface area contributed by atoms with Crippen molar-refractivity contribution < 1.29 is 23.7 Å². The Balaban J connectivity index is 1.33. The summed E-state index contributed by atoms with van der Waals surface area (Å²) in [7, 11) is 6.30. The maximum atomic E-state index is 12.8. The molecule has 0 spiro atoms. The number of pyridine rings is 1. The molecular formula is C28H29N7O5S2. The number of amides is 1. The van der Waals surface area contributed by atoms with Crippen molar-refractivity contribution >= 4 is 55.9 Å². The summed E-state index contributed by atoms with van der Waals surface area (Å²) >= 11 is 2.69. The Labute approximate surface area is 250 Å². The van der Waals surface area contributed by atoms with Gasteiger partial charge in [-0.2, -0.15) is 0 Å². The molecule has 5 rings (SSSR count). The molecule has 0 saturated heterocycles. The fourth-order valence-corrected chi connectivity index (χ4v) is 5.94. The number of benzene rings is 2. The molecule has 0 aliphatic carbocycles. The van der Waals surface area contributed by atoms with Crippen LogP contribution in [0.5, 0.6) is 23.0 Å². The molecule has 0 saturated carbocycles. The maximum absolute atomic E-state index is 12.8. The van der Waals surface area contributed by atoms with E-state index in [4.69, 9.17) is 18.9 Å². The van der Waals surface area contributed by atoms with Crippen LogP contribution in [0.3, 0.4) is 0 Å². The molecule has 42 heavy (non-hydrogen) atoms. The van der Waals surface area contributed by atoms with Gasteiger partial charge in [0.2, 0.25) is 11.7 Å². The van der Waals surface area contributed by atoms with E-state index in [2.05, 4.69) is 30.8 Å². The van der Waals surface area contributed by atoms with Gasteiger partial charge in [0.25, 0.3) is 0 Å². The number of anilines is 3. The lowest BCUT2D eigenvalue weighted by Gasteiger charge is -2.16. The Morgan fingerprint density at radius 1 is 1.00 bits per heavy atom. The minimum atomic E-state index is -0.190. The maximum Gasteiger partial charge on any atom is 0.236 e. The predicted molar refractivity (Wildman–Crippen MR) is 164 cm³/mol. The van der Waals surface area contributed by atoms with Gasteiger partial charge in [-0.15, -0.1) is 10.2 Å². The van der Waals surface area contributed by atoms with Crippen LogP contribution >= 0.6 is 23.1 Å². The number of aromatic nitrogens is 5. The van der Waals surface area contributed by atoms with Crippen molar-refractivity contribution in [3.05, 3.63) is 48.7 Å². The van der Waals surface area contributed by atoms with E-state index in [9.17, 15) is 4.79 Å². The molecule has 12 nitrogen and oxygen atoms in total. The monoisotopic (exact) mass is 607 g/mol. The van der Waals surface area contributed by atoms with E-state index in [0.717, 1.165) is 21.5 Å². The second-order valence-electron chi connectivity index (χ2n) is 8.68. The minimum absolute atomic E-state index is 0.140. The Morgan fingerprint density at radius 3 is 2.48 bits per heavy atom. The average Bonchev–Trinajstić information content (AvgIpc) is 3.62. The van der Waals surface area contributed by atoms with Gasteiger partial charge < -0.3 is 34.1 Å². The van der Waals surface area contributed by atoms with Crippen molar-refractivity contribution in [2.75, 3.05) is 44.8 Å². The number of ether oxygens (including phenoxy) is 4.